The van der Waals surface area contributed by atoms with E-state index < -0.39 is 17.6 Å². The molecular weight excluding hydrogens is 290 g/mol. The van der Waals surface area contributed by atoms with E-state index in [1.54, 1.807) is 0 Å². The van der Waals surface area contributed by atoms with Crippen LogP contribution in [0.15, 0.2) is 47.6 Å². The number of benzene rings is 2. The zero-order valence-electron chi connectivity index (χ0n) is 10.4. The fraction of sp³-hybridized carbons (Fsp3) is 0.0714. The standard InChI is InChI=1S/C14H9F4NO2/c15-13-6-5-12(7-9(13)8-19-20)21-11-3-1-10(2-4-11)14(16,17)18/h1-8,20H. The summed E-state index contributed by atoms with van der Waals surface area (Å²) in [5.41, 5.74) is -0.802. The van der Waals surface area contributed by atoms with Crippen LogP contribution in [0.25, 0.3) is 0 Å². The summed E-state index contributed by atoms with van der Waals surface area (Å²) in [6, 6.07) is 7.74. The molecule has 0 amide bonds. The summed E-state index contributed by atoms with van der Waals surface area (Å²) in [5, 5.41) is 11.1. The summed E-state index contributed by atoms with van der Waals surface area (Å²) in [4.78, 5) is 0. The van der Waals surface area contributed by atoms with Crippen LogP contribution in [0.5, 0.6) is 11.5 Å². The molecular formula is C14H9F4NO2. The molecule has 0 saturated carbocycles. The lowest BCUT2D eigenvalue weighted by Crippen LogP contribution is -2.04. The van der Waals surface area contributed by atoms with Crippen molar-refractivity contribution in [1.82, 2.24) is 0 Å². The molecule has 0 unspecified atom stereocenters. The molecule has 2 rings (SSSR count). The Balaban J connectivity index is 2.20. The van der Waals surface area contributed by atoms with Gasteiger partial charge in [0.05, 0.1) is 11.8 Å². The van der Waals surface area contributed by atoms with Gasteiger partial charge in [-0.2, -0.15) is 13.2 Å². The first-order chi connectivity index (χ1) is 9.90. The largest absolute Gasteiger partial charge is 0.457 e. The number of oxime groups is 1. The molecule has 2 aromatic rings. The van der Waals surface area contributed by atoms with Crippen LogP contribution in [0.3, 0.4) is 0 Å². The normalized spacial score (nSPS) is 11.8. The lowest BCUT2D eigenvalue weighted by atomic mass is 10.2. The van der Waals surface area contributed by atoms with Gasteiger partial charge in [0, 0.05) is 5.56 Å². The SMILES string of the molecule is ON=Cc1cc(Oc2ccc(C(F)(F)F)cc2)ccc1F. The molecule has 0 spiro atoms. The summed E-state index contributed by atoms with van der Waals surface area (Å²) in [6.45, 7) is 0. The van der Waals surface area contributed by atoms with E-state index in [0.717, 1.165) is 36.5 Å². The minimum Gasteiger partial charge on any atom is -0.457 e. The predicted molar refractivity (Wildman–Crippen MR) is 67.3 cm³/mol. The first-order valence-electron chi connectivity index (χ1n) is 5.72. The monoisotopic (exact) mass is 299 g/mol. The molecule has 0 saturated heterocycles. The summed E-state index contributed by atoms with van der Waals surface area (Å²) >= 11 is 0. The van der Waals surface area contributed by atoms with Crippen molar-refractivity contribution in [3.8, 4) is 11.5 Å². The minimum absolute atomic E-state index is 0.0121. The molecule has 1 N–H and O–H groups in total. The number of alkyl halides is 3. The number of rotatable bonds is 3. The van der Waals surface area contributed by atoms with E-state index in [4.69, 9.17) is 9.94 Å². The third-order valence-corrected chi connectivity index (χ3v) is 2.58. The molecule has 7 heteroatoms. The van der Waals surface area contributed by atoms with Crippen molar-refractivity contribution in [2.45, 2.75) is 6.18 Å². The van der Waals surface area contributed by atoms with Gasteiger partial charge in [-0.1, -0.05) is 5.16 Å². The van der Waals surface area contributed by atoms with E-state index in [2.05, 4.69) is 5.16 Å². The third kappa shape index (κ3) is 3.71. The van der Waals surface area contributed by atoms with E-state index >= 15 is 0 Å². The highest BCUT2D eigenvalue weighted by Crippen LogP contribution is 2.31. The zero-order valence-corrected chi connectivity index (χ0v) is 10.4. The topological polar surface area (TPSA) is 41.8 Å². The highest BCUT2D eigenvalue weighted by atomic mass is 19.4. The average molecular weight is 299 g/mol. The van der Waals surface area contributed by atoms with Crippen LogP contribution in [-0.4, -0.2) is 11.4 Å². The van der Waals surface area contributed by atoms with Crippen LogP contribution in [-0.2, 0) is 6.18 Å². The number of hydrogen-bond acceptors (Lipinski definition) is 3. The lowest BCUT2D eigenvalue weighted by Gasteiger charge is -2.09. The van der Waals surface area contributed by atoms with Gasteiger partial charge in [-0.25, -0.2) is 4.39 Å². The van der Waals surface area contributed by atoms with Crippen molar-refractivity contribution in [2.24, 2.45) is 5.16 Å². The molecule has 0 radical (unpaired) electrons. The van der Waals surface area contributed by atoms with Crippen LogP contribution in [0.4, 0.5) is 17.6 Å². The van der Waals surface area contributed by atoms with Crippen molar-refractivity contribution in [1.29, 1.82) is 0 Å². The van der Waals surface area contributed by atoms with Gasteiger partial charge in [-0.05, 0) is 42.5 Å². The minimum atomic E-state index is -4.42. The Hall–Kier alpha value is -2.57. The van der Waals surface area contributed by atoms with Crippen LogP contribution in [0, 0.1) is 5.82 Å². The van der Waals surface area contributed by atoms with Gasteiger partial charge in [-0.15, -0.1) is 0 Å². The van der Waals surface area contributed by atoms with Crippen molar-refractivity contribution in [3.63, 3.8) is 0 Å². The Morgan fingerprint density at radius 1 is 1.00 bits per heavy atom. The Morgan fingerprint density at radius 2 is 1.62 bits per heavy atom. The van der Waals surface area contributed by atoms with Gasteiger partial charge in [0.2, 0.25) is 0 Å². The maximum absolute atomic E-state index is 13.3. The third-order valence-electron chi connectivity index (χ3n) is 2.58. The summed E-state index contributed by atoms with van der Waals surface area (Å²) < 4.78 is 55.8. The average Bonchev–Trinajstić information content (AvgIpc) is 2.42. The first-order valence-corrected chi connectivity index (χ1v) is 5.72. The lowest BCUT2D eigenvalue weighted by molar-refractivity contribution is -0.137. The molecule has 21 heavy (non-hydrogen) atoms. The van der Waals surface area contributed by atoms with Gasteiger partial charge in [0.1, 0.15) is 17.3 Å². The number of ether oxygens (including phenoxy) is 1. The molecule has 0 fully saturated rings. The Kier molecular flexibility index (Phi) is 4.11. The summed E-state index contributed by atoms with van der Waals surface area (Å²) in [5.74, 6) is -0.250. The van der Waals surface area contributed by atoms with Crippen LogP contribution >= 0.6 is 0 Å². The molecule has 0 bridgehead atoms. The smallest absolute Gasteiger partial charge is 0.416 e. The Labute approximate surface area is 117 Å². The van der Waals surface area contributed by atoms with E-state index in [1.807, 2.05) is 0 Å². The van der Waals surface area contributed by atoms with Gasteiger partial charge in [0.25, 0.3) is 0 Å². The maximum atomic E-state index is 13.3. The molecule has 0 aliphatic rings. The highest BCUT2D eigenvalue weighted by molar-refractivity contribution is 5.80. The highest BCUT2D eigenvalue weighted by Gasteiger charge is 2.30. The second-order valence-corrected chi connectivity index (χ2v) is 4.05. The summed E-state index contributed by atoms with van der Waals surface area (Å²) in [6.07, 6.45) is -3.53. The van der Waals surface area contributed by atoms with E-state index in [-0.39, 0.29) is 17.1 Å². The molecule has 0 atom stereocenters. The van der Waals surface area contributed by atoms with Crippen molar-refractivity contribution in [3.05, 3.63) is 59.4 Å². The number of nitrogens with zero attached hydrogens (tertiary/aromatic N) is 1. The van der Waals surface area contributed by atoms with Gasteiger partial charge >= 0.3 is 6.18 Å². The Morgan fingerprint density at radius 3 is 2.19 bits per heavy atom. The van der Waals surface area contributed by atoms with Crippen LogP contribution in [0.1, 0.15) is 11.1 Å². The van der Waals surface area contributed by atoms with Crippen molar-refractivity contribution < 1.29 is 27.5 Å². The molecule has 0 aliphatic carbocycles. The molecule has 2 aromatic carbocycles. The quantitative estimate of drug-likeness (QED) is 0.394. The van der Waals surface area contributed by atoms with Crippen molar-refractivity contribution in [2.75, 3.05) is 0 Å². The maximum Gasteiger partial charge on any atom is 0.416 e. The summed E-state index contributed by atoms with van der Waals surface area (Å²) in [7, 11) is 0. The van der Waals surface area contributed by atoms with Crippen LogP contribution in [0.2, 0.25) is 0 Å². The number of hydrogen-bond donors (Lipinski definition) is 1. The van der Waals surface area contributed by atoms with Gasteiger partial charge in [0.15, 0.2) is 0 Å². The second-order valence-electron chi connectivity index (χ2n) is 4.05. The van der Waals surface area contributed by atoms with E-state index in [1.165, 1.54) is 12.1 Å². The molecule has 3 nitrogen and oxygen atoms in total. The fourth-order valence-corrected chi connectivity index (χ4v) is 1.59. The van der Waals surface area contributed by atoms with Gasteiger partial charge < -0.3 is 9.94 Å². The van der Waals surface area contributed by atoms with Gasteiger partial charge in [-0.3, -0.25) is 0 Å². The Bertz CT molecular complexity index is 651. The van der Waals surface area contributed by atoms with Crippen LogP contribution < -0.4 is 4.74 Å². The van der Waals surface area contributed by atoms with E-state index in [0.29, 0.717) is 0 Å². The number of halogens is 4. The fourth-order valence-electron chi connectivity index (χ4n) is 1.59. The second kappa shape index (κ2) is 5.82. The first kappa shape index (κ1) is 14.8. The molecule has 0 aliphatic heterocycles. The molecule has 0 aromatic heterocycles. The predicted octanol–water partition coefficient (Wildman–Crippen LogP) is 4.44. The van der Waals surface area contributed by atoms with E-state index in [9.17, 15) is 17.6 Å². The molecule has 0 heterocycles. The zero-order chi connectivity index (χ0) is 15.5. The molecule has 110 valence electrons. The van der Waals surface area contributed by atoms with Crippen molar-refractivity contribution >= 4 is 6.21 Å².